The van der Waals surface area contributed by atoms with E-state index in [-0.39, 0.29) is 18.3 Å². The number of H-pyrrole nitrogens is 1. The van der Waals surface area contributed by atoms with E-state index in [1.54, 1.807) is 6.20 Å². The summed E-state index contributed by atoms with van der Waals surface area (Å²) < 4.78 is 0. The van der Waals surface area contributed by atoms with Gasteiger partial charge in [0.15, 0.2) is 0 Å². The molecular formula is C18H23ClN4O. The summed E-state index contributed by atoms with van der Waals surface area (Å²) in [6.07, 6.45) is 7.20. The minimum Gasteiger partial charge on any atom is -0.326 e. The van der Waals surface area contributed by atoms with Crippen LogP contribution in [-0.2, 0) is 4.79 Å². The molecule has 2 aliphatic rings. The highest BCUT2D eigenvalue weighted by Crippen LogP contribution is 2.32. The van der Waals surface area contributed by atoms with Crippen molar-refractivity contribution in [2.45, 2.75) is 44.2 Å². The molecule has 2 fully saturated rings. The van der Waals surface area contributed by atoms with Crippen LogP contribution in [0.25, 0.3) is 11.3 Å². The van der Waals surface area contributed by atoms with E-state index in [4.69, 9.17) is 0 Å². The van der Waals surface area contributed by atoms with E-state index >= 15 is 0 Å². The lowest BCUT2D eigenvalue weighted by Gasteiger charge is -2.28. The molecule has 1 aromatic carbocycles. The van der Waals surface area contributed by atoms with E-state index in [9.17, 15) is 4.79 Å². The Balaban J connectivity index is 0.00000169. The number of aromatic amines is 1. The molecule has 0 saturated carbocycles. The number of carbonyl (C=O) groups excluding carboxylic acids is 1. The van der Waals surface area contributed by atoms with Crippen LogP contribution < -0.4 is 10.6 Å². The molecule has 2 aliphatic heterocycles. The van der Waals surface area contributed by atoms with Gasteiger partial charge in [-0.3, -0.25) is 9.89 Å². The maximum Gasteiger partial charge on any atom is 0.224 e. The Labute approximate surface area is 148 Å². The topological polar surface area (TPSA) is 69.8 Å². The first kappa shape index (κ1) is 17.0. The number of hydrogen-bond donors (Lipinski definition) is 3. The summed E-state index contributed by atoms with van der Waals surface area (Å²) in [4.78, 5) is 12.3. The smallest absolute Gasteiger partial charge is 0.224 e. The van der Waals surface area contributed by atoms with Gasteiger partial charge in [0.2, 0.25) is 5.91 Å². The molecule has 0 radical (unpaired) electrons. The molecule has 0 spiro atoms. The van der Waals surface area contributed by atoms with Gasteiger partial charge in [-0.2, -0.15) is 5.10 Å². The van der Waals surface area contributed by atoms with E-state index in [1.165, 1.54) is 12.8 Å². The normalized spacial score (nSPS) is 25.1. The molecule has 2 atom stereocenters. The summed E-state index contributed by atoms with van der Waals surface area (Å²) in [5.41, 5.74) is 2.90. The maximum atomic E-state index is 12.3. The lowest BCUT2D eigenvalue weighted by molar-refractivity contribution is -0.117. The van der Waals surface area contributed by atoms with E-state index in [1.807, 2.05) is 30.3 Å². The zero-order valence-corrected chi connectivity index (χ0v) is 14.3. The van der Waals surface area contributed by atoms with Gasteiger partial charge in [-0.1, -0.05) is 12.1 Å². The van der Waals surface area contributed by atoms with Gasteiger partial charge >= 0.3 is 0 Å². The fourth-order valence-corrected chi connectivity index (χ4v) is 3.97. The predicted molar refractivity (Wildman–Crippen MR) is 97.2 cm³/mol. The van der Waals surface area contributed by atoms with Crippen LogP contribution in [0, 0.1) is 5.92 Å². The molecule has 2 unspecified atom stereocenters. The van der Waals surface area contributed by atoms with Crippen LogP contribution in [0.2, 0.25) is 0 Å². The first-order chi connectivity index (χ1) is 11.3. The number of amides is 1. The summed E-state index contributed by atoms with van der Waals surface area (Å²) in [6, 6.07) is 11.1. The fourth-order valence-electron chi connectivity index (χ4n) is 3.97. The van der Waals surface area contributed by atoms with E-state index in [0.717, 1.165) is 29.8 Å². The molecule has 0 aliphatic carbocycles. The Morgan fingerprint density at radius 1 is 1.12 bits per heavy atom. The van der Waals surface area contributed by atoms with E-state index in [0.29, 0.717) is 24.4 Å². The van der Waals surface area contributed by atoms with Gasteiger partial charge < -0.3 is 10.6 Å². The third kappa shape index (κ3) is 3.79. The molecule has 1 amide bonds. The minimum atomic E-state index is 0. The van der Waals surface area contributed by atoms with Crippen LogP contribution in [0.3, 0.4) is 0 Å². The number of fused-ring (bicyclic) bond motifs is 2. The number of halogens is 1. The third-order valence-corrected chi connectivity index (χ3v) is 5.03. The quantitative estimate of drug-likeness (QED) is 0.795. The van der Waals surface area contributed by atoms with Crippen molar-refractivity contribution in [3.05, 3.63) is 36.5 Å². The summed E-state index contributed by atoms with van der Waals surface area (Å²) in [6.45, 7) is 0. The number of benzene rings is 1. The molecule has 128 valence electrons. The van der Waals surface area contributed by atoms with Gasteiger partial charge in [-0.05, 0) is 55.4 Å². The summed E-state index contributed by atoms with van der Waals surface area (Å²) in [5.74, 6) is 0.656. The van der Waals surface area contributed by atoms with Crippen molar-refractivity contribution in [1.82, 2.24) is 15.5 Å². The molecule has 5 nitrogen and oxygen atoms in total. The molecule has 3 heterocycles. The van der Waals surface area contributed by atoms with E-state index in [2.05, 4.69) is 20.8 Å². The minimum absolute atomic E-state index is 0. The zero-order valence-electron chi connectivity index (χ0n) is 13.5. The summed E-state index contributed by atoms with van der Waals surface area (Å²) in [5, 5.41) is 13.5. The average molecular weight is 347 g/mol. The number of aromatic nitrogens is 2. The van der Waals surface area contributed by atoms with Crippen molar-refractivity contribution < 1.29 is 4.79 Å². The van der Waals surface area contributed by atoms with Crippen molar-refractivity contribution in [2.24, 2.45) is 5.92 Å². The van der Waals surface area contributed by atoms with Crippen LogP contribution in [0.5, 0.6) is 0 Å². The number of piperidine rings is 1. The molecular weight excluding hydrogens is 324 g/mol. The van der Waals surface area contributed by atoms with Crippen molar-refractivity contribution in [1.29, 1.82) is 0 Å². The Kier molecular flexibility index (Phi) is 5.21. The summed E-state index contributed by atoms with van der Waals surface area (Å²) >= 11 is 0. The van der Waals surface area contributed by atoms with Crippen LogP contribution in [0.1, 0.15) is 32.1 Å². The van der Waals surface area contributed by atoms with E-state index < -0.39 is 0 Å². The predicted octanol–water partition coefficient (Wildman–Crippen LogP) is 3.36. The zero-order chi connectivity index (χ0) is 15.6. The molecule has 4 rings (SSSR count). The number of nitrogens with one attached hydrogen (secondary N) is 3. The Morgan fingerprint density at radius 2 is 1.83 bits per heavy atom. The molecule has 2 aromatic rings. The number of nitrogens with zero attached hydrogens (tertiary/aromatic N) is 1. The number of rotatable bonds is 4. The highest BCUT2D eigenvalue weighted by atomic mass is 35.5. The average Bonchev–Trinajstić information content (AvgIpc) is 3.18. The first-order valence-corrected chi connectivity index (χ1v) is 8.42. The van der Waals surface area contributed by atoms with Crippen LogP contribution in [-0.4, -0.2) is 28.2 Å². The van der Waals surface area contributed by atoms with Crippen LogP contribution in [0.4, 0.5) is 5.69 Å². The molecule has 2 saturated heterocycles. The van der Waals surface area contributed by atoms with Crippen molar-refractivity contribution in [3.63, 3.8) is 0 Å². The molecule has 3 N–H and O–H groups in total. The number of hydrogen-bond acceptors (Lipinski definition) is 3. The Hall–Kier alpha value is -1.85. The molecule has 6 heteroatoms. The standard InChI is InChI=1S/C18H22N4O.ClH/c23-18(11-12-9-15-5-6-16(10-12)20-15)21-14-3-1-13(2-4-14)17-7-8-19-22-17;/h1-4,7-8,12,15-16,20H,5-6,9-11H2,(H,19,22)(H,21,23);1H. The second kappa shape index (κ2) is 7.36. The number of carbonyl (C=O) groups is 1. The van der Waals surface area contributed by atoms with Gasteiger partial charge in [0.05, 0.1) is 5.69 Å². The Bertz CT molecular complexity index is 659. The fraction of sp³-hybridized carbons (Fsp3) is 0.444. The van der Waals surface area contributed by atoms with Gasteiger partial charge in [-0.25, -0.2) is 0 Å². The molecule has 1 aromatic heterocycles. The van der Waals surface area contributed by atoms with Crippen molar-refractivity contribution >= 4 is 24.0 Å². The highest BCUT2D eigenvalue weighted by Gasteiger charge is 2.34. The van der Waals surface area contributed by atoms with Gasteiger partial charge in [0, 0.05) is 30.4 Å². The second-order valence-corrected chi connectivity index (χ2v) is 6.78. The molecule has 2 bridgehead atoms. The monoisotopic (exact) mass is 346 g/mol. The summed E-state index contributed by atoms with van der Waals surface area (Å²) in [7, 11) is 0. The largest absolute Gasteiger partial charge is 0.326 e. The van der Waals surface area contributed by atoms with Crippen molar-refractivity contribution in [3.8, 4) is 11.3 Å². The lowest BCUT2D eigenvalue weighted by Crippen LogP contribution is -2.39. The first-order valence-electron chi connectivity index (χ1n) is 8.42. The third-order valence-electron chi connectivity index (χ3n) is 5.03. The van der Waals surface area contributed by atoms with Gasteiger partial charge in [0.25, 0.3) is 0 Å². The van der Waals surface area contributed by atoms with Crippen LogP contribution >= 0.6 is 12.4 Å². The SMILES string of the molecule is Cl.O=C(CC1CC2CCC(C1)N2)Nc1ccc(-c2ccn[nH]2)cc1. The second-order valence-electron chi connectivity index (χ2n) is 6.78. The van der Waals surface area contributed by atoms with Gasteiger partial charge in [-0.15, -0.1) is 12.4 Å². The van der Waals surface area contributed by atoms with Gasteiger partial charge in [0.1, 0.15) is 0 Å². The Morgan fingerprint density at radius 3 is 2.46 bits per heavy atom. The lowest BCUT2D eigenvalue weighted by atomic mass is 9.89. The highest BCUT2D eigenvalue weighted by molar-refractivity contribution is 5.91. The van der Waals surface area contributed by atoms with Crippen LogP contribution in [0.15, 0.2) is 36.5 Å². The molecule has 24 heavy (non-hydrogen) atoms. The maximum absolute atomic E-state index is 12.3. The number of anilines is 1. The van der Waals surface area contributed by atoms with Crippen molar-refractivity contribution in [2.75, 3.05) is 5.32 Å².